The van der Waals surface area contributed by atoms with Crippen LogP contribution < -0.4 is 4.90 Å². The van der Waals surface area contributed by atoms with Crippen molar-refractivity contribution in [3.8, 4) is 0 Å². The van der Waals surface area contributed by atoms with E-state index in [0.717, 1.165) is 29.4 Å². The van der Waals surface area contributed by atoms with Crippen LogP contribution in [-0.2, 0) is 11.2 Å². The molecule has 1 aromatic carbocycles. The van der Waals surface area contributed by atoms with Crippen LogP contribution in [0.15, 0.2) is 22.7 Å². The maximum absolute atomic E-state index is 11.6. The average molecular weight is 252 g/mol. The van der Waals surface area contributed by atoms with Crippen LogP contribution in [0.2, 0.25) is 0 Å². The minimum absolute atomic E-state index is 0.288. The maximum Gasteiger partial charge on any atom is 0.227 e. The molecule has 1 aromatic rings. The highest BCUT2D eigenvalue weighted by Crippen LogP contribution is 2.39. The molecule has 3 rings (SSSR count). The van der Waals surface area contributed by atoms with E-state index in [1.807, 2.05) is 17.0 Å². The third kappa shape index (κ3) is 1.05. The van der Waals surface area contributed by atoms with Gasteiger partial charge in [-0.2, -0.15) is 0 Å². The summed E-state index contributed by atoms with van der Waals surface area (Å²) in [5.74, 6) is 0.288. The summed E-state index contributed by atoms with van der Waals surface area (Å²) in [5, 5.41) is 0. The summed E-state index contributed by atoms with van der Waals surface area (Å²) >= 11 is 3.46. The van der Waals surface area contributed by atoms with Gasteiger partial charge in [0.1, 0.15) is 0 Å². The van der Waals surface area contributed by atoms with E-state index in [0.29, 0.717) is 6.04 Å². The molecule has 2 nitrogen and oxygen atoms in total. The number of anilines is 1. The molecule has 1 saturated heterocycles. The minimum atomic E-state index is 0.288. The van der Waals surface area contributed by atoms with Crippen LogP contribution in [0.1, 0.15) is 18.4 Å². The number of rotatable bonds is 0. The van der Waals surface area contributed by atoms with E-state index in [4.69, 9.17) is 0 Å². The first-order valence-electron chi connectivity index (χ1n) is 4.86. The second kappa shape index (κ2) is 2.83. The van der Waals surface area contributed by atoms with Crippen LogP contribution in [0.3, 0.4) is 0 Å². The Kier molecular flexibility index (Phi) is 1.71. The van der Waals surface area contributed by atoms with Crippen molar-refractivity contribution in [2.45, 2.75) is 25.3 Å². The summed E-state index contributed by atoms with van der Waals surface area (Å²) in [5.41, 5.74) is 2.43. The topological polar surface area (TPSA) is 20.3 Å². The van der Waals surface area contributed by atoms with Crippen molar-refractivity contribution < 1.29 is 4.79 Å². The van der Waals surface area contributed by atoms with Crippen molar-refractivity contribution >= 4 is 27.5 Å². The Balaban J connectivity index is 2.11. The molecule has 1 amide bonds. The highest BCUT2D eigenvalue weighted by molar-refractivity contribution is 9.10. The van der Waals surface area contributed by atoms with Gasteiger partial charge in [0, 0.05) is 22.6 Å². The number of benzene rings is 1. The molecule has 2 heterocycles. The van der Waals surface area contributed by atoms with E-state index >= 15 is 0 Å². The van der Waals surface area contributed by atoms with E-state index in [1.165, 1.54) is 5.56 Å². The van der Waals surface area contributed by atoms with E-state index in [2.05, 4.69) is 22.0 Å². The molecule has 1 unspecified atom stereocenters. The Labute approximate surface area is 91.0 Å². The Morgan fingerprint density at radius 2 is 2.29 bits per heavy atom. The van der Waals surface area contributed by atoms with E-state index in [9.17, 15) is 4.79 Å². The Bertz CT molecular complexity index is 416. The van der Waals surface area contributed by atoms with Crippen LogP contribution in [0.4, 0.5) is 5.69 Å². The smallest absolute Gasteiger partial charge is 0.227 e. The third-order valence-electron chi connectivity index (χ3n) is 3.08. The van der Waals surface area contributed by atoms with Gasteiger partial charge in [-0.25, -0.2) is 0 Å². The average Bonchev–Trinajstić information content (AvgIpc) is 2.66. The number of carbonyl (C=O) groups excluding carboxylic acids is 1. The Morgan fingerprint density at radius 3 is 3.14 bits per heavy atom. The van der Waals surface area contributed by atoms with Gasteiger partial charge in [0.25, 0.3) is 0 Å². The quantitative estimate of drug-likeness (QED) is 0.694. The molecule has 0 spiro atoms. The van der Waals surface area contributed by atoms with Gasteiger partial charge in [0.2, 0.25) is 5.91 Å². The van der Waals surface area contributed by atoms with Gasteiger partial charge in [-0.15, -0.1) is 0 Å². The minimum Gasteiger partial charge on any atom is -0.309 e. The number of carbonyl (C=O) groups is 1. The van der Waals surface area contributed by atoms with Crippen LogP contribution in [0.25, 0.3) is 0 Å². The number of amides is 1. The summed E-state index contributed by atoms with van der Waals surface area (Å²) in [4.78, 5) is 13.6. The molecule has 2 aliphatic heterocycles. The van der Waals surface area contributed by atoms with Crippen LogP contribution in [0, 0.1) is 0 Å². The number of hydrogen-bond donors (Lipinski definition) is 0. The second-order valence-corrected chi connectivity index (χ2v) is 4.85. The monoisotopic (exact) mass is 251 g/mol. The van der Waals surface area contributed by atoms with Crippen LogP contribution in [-0.4, -0.2) is 11.9 Å². The lowest BCUT2D eigenvalue weighted by molar-refractivity contribution is -0.117. The van der Waals surface area contributed by atoms with Crippen molar-refractivity contribution in [2.75, 3.05) is 4.90 Å². The lowest BCUT2D eigenvalue weighted by atomic mass is 10.1. The van der Waals surface area contributed by atoms with Crippen LogP contribution >= 0.6 is 15.9 Å². The first-order chi connectivity index (χ1) is 6.75. The maximum atomic E-state index is 11.6. The fourth-order valence-corrected chi connectivity index (χ4v) is 2.88. The zero-order valence-electron chi connectivity index (χ0n) is 7.66. The van der Waals surface area contributed by atoms with E-state index < -0.39 is 0 Å². The molecule has 1 fully saturated rings. The van der Waals surface area contributed by atoms with Crippen molar-refractivity contribution in [3.63, 3.8) is 0 Å². The number of halogens is 1. The van der Waals surface area contributed by atoms with Crippen LogP contribution in [0.5, 0.6) is 0 Å². The molecule has 0 saturated carbocycles. The molecular weight excluding hydrogens is 242 g/mol. The van der Waals surface area contributed by atoms with Gasteiger partial charge >= 0.3 is 0 Å². The predicted molar refractivity (Wildman–Crippen MR) is 58.4 cm³/mol. The fourth-order valence-electron chi connectivity index (χ4n) is 2.47. The highest BCUT2D eigenvalue weighted by Gasteiger charge is 2.38. The van der Waals surface area contributed by atoms with Gasteiger partial charge in [-0.05, 0) is 36.6 Å². The van der Waals surface area contributed by atoms with Gasteiger partial charge in [0.05, 0.1) is 0 Å². The van der Waals surface area contributed by atoms with E-state index in [1.54, 1.807) is 0 Å². The molecular formula is C11H10BrNO. The molecule has 1 atom stereocenters. The summed E-state index contributed by atoms with van der Waals surface area (Å²) < 4.78 is 1.10. The molecule has 0 aliphatic carbocycles. The third-order valence-corrected chi connectivity index (χ3v) is 3.58. The van der Waals surface area contributed by atoms with Crippen molar-refractivity contribution in [1.29, 1.82) is 0 Å². The summed E-state index contributed by atoms with van der Waals surface area (Å²) in [6.45, 7) is 0. The molecule has 0 radical (unpaired) electrons. The van der Waals surface area contributed by atoms with Gasteiger partial charge in [-0.3, -0.25) is 4.79 Å². The number of nitrogens with zero attached hydrogens (tertiary/aromatic N) is 1. The van der Waals surface area contributed by atoms with Gasteiger partial charge in [-0.1, -0.05) is 15.9 Å². The number of hydrogen-bond acceptors (Lipinski definition) is 1. The molecule has 2 aliphatic rings. The molecule has 3 heteroatoms. The lowest BCUT2D eigenvalue weighted by Crippen LogP contribution is -2.28. The summed E-state index contributed by atoms with van der Waals surface area (Å²) in [6, 6.07) is 6.61. The normalized spacial score (nSPS) is 23.9. The zero-order chi connectivity index (χ0) is 9.71. The molecule has 0 aromatic heterocycles. The predicted octanol–water partition coefficient (Wildman–Crippen LogP) is 2.50. The molecule has 0 bridgehead atoms. The lowest BCUT2D eigenvalue weighted by Gasteiger charge is -2.16. The first kappa shape index (κ1) is 8.48. The standard InChI is InChI=1S/C11H10BrNO/c12-8-1-3-10-7(5-8)6-9-2-4-11(14)13(9)10/h1,3,5,9H,2,4,6H2. The fraction of sp³-hybridized carbons (Fsp3) is 0.364. The van der Waals surface area contributed by atoms with Crippen molar-refractivity contribution in [1.82, 2.24) is 0 Å². The van der Waals surface area contributed by atoms with Gasteiger partial charge < -0.3 is 4.90 Å². The Morgan fingerprint density at radius 1 is 1.43 bits per heavy atom. The first-order valence-corrected chi connectivity index (χ1v) is 5.65. The molecule has 0 N–H and O–H groups in total. The largest absolute Gasteiger partial charge is 0.309 e. The Hall–Kier alpha value is -0.830. The number of fused-ring (bicyclic) bond motifs is 3. The highest BCUT2D eigenvalue weighted by atomic mass is 79.9. The summed E-state index contributed by atoms with van der Waals surface area (Å²) in [7, 11) is 0. The zero-order valence-corrected chi connectivity index (χ0v) is 9.25. The van der Waals surface area contributed by atoms with Crippen molar-refractivity contribution in [2.24, 2.45) is 0 Å². The molecule has 14 heavy (non-hydrogen) atoms. The second-order valence-electron chi connectivity index (χ2n) is 3.93. The van der Waals surface area contributed by atoms with E-state index in [-0.39, 0.29) is 5.91 Å². The SMILES string of the molecule is O=C1CCC2Cc3cc(Br)ccc3N12. The van der Waals surface area contributed by atoms with Gasteiger partial charge in [0.15, 0.2) is 0 Å². The molecule has 72 valence electrons. The van der Waals surface area contributed by atoms with Crippen molar-refractivity contribution in [3.05, 3.63) is 28.2 Å². The summed E-state index contributed by atoms with van der Waals surface area (Å²) in [6.07, 6.45) is 2.77.